The van der Waals surface area contributed by atoms with Crippen molar-refractivity contribution in [1.82, 2.24) is 9.81 Å². The summed E-state index contributed by atoms with van der Waals surface area (Å²) in [6, 6.07) is 15.0. The van der Waals surface area contributed by atoms with Crippen molar-refractivity contribution in [2.75, 3.05) is 46.1 Å². The number of rotatable bonds is 15. The molecule has 2 aliphatic heterocycles. The monoisotopic (exact) mass is 548 g/mol. The first kappa shape index (κ1) is 29.3. The van der Waals surface area contributed by atoms with Crippen LogP contribution in [-0.4, -0.2) is 73.3 Å². The highest BCUT2D eigenvalue weighted by atomic mass is 16.5. The van der Waals surface area contributed by atoms with Crippen molar-refractivity contribution in [1.29, 1.82) is 5.53 Å². The lowest BCUT2D eigenvalue weighted by Crippen LogP contribution is -2.42. The molecule has 0 bridgehead atoms. The van der Waals surface area contributed by atoms with Crippen LogP contribution in [0.4, 0.5) is 0 Å². The molecule has 212 valence electrons. The minimum absolute atomic E-state index is 0.00142. The molecule has 10 heteroatoms. The molecule has 2 aromatic rings. The van der Waals surface area contributed by atoms with Crippen LogP contribution in [0.5, 0.6) is 5.75 Å². The summed E-state index contributed by atoms with van der Waals surface area (Å²) in [5, 5.41) is 12.9. The molecular formula is C30H38N5O5+. The van der Waals surface area contributed by atoms with Gasteiger partial charge in [-0.05, 0) is 42.8 Å². The highest BCUT2D eigenvalue weighted by Gasteiger charge is 2.52. The van der Waals surface area contributed by atoms with E-state index in [1.165, 1.54) is 0 Å². The summed E-state index contributed by atoms with van der Waals surface area (Å²) in [4.78, 5) is 24.6. The van der Waals surface area contributed by atoms with E-state index in [4.69, 9.17) is 29.8 Å². The van der Waals surface area contributed by atoms with Gasteiger partial charge in [0, 0.05) is 50.1 Å². The van der Waals surface area contributed by atoms with Gasteiger partial charge < -0.3 is 19.3 Å². The van der Waals surface area contributed by atoms with E-state index in [0.717, 1.165) is 49.5 Å². The summed E-state index contributed by atoms with van der Waals surface area (Å²) in [5.74, 6) is 1.06. The number of Topliss-reactive ketones (excluding diaryl/α,β-unsaturated/α-hetero) is 1. The molecule has 0 radical (unpaired) electrons. The van der Waals surface area contributed by atoms with E-state index in [1.807, 2.05) is 48.5 Å². The number of morpholine rings is 1. The molecule has 1 saturated heterocycles. The van der Waals surface area contributed by atoms with E-state index in [1.54, 1.807) is 6.08 Å². The summed E-state index contributed by atoms with van der Waals surface area (Å²) >= 11 is 0. The lowest BCUT2D eigenvalue weighted by atomic mass is 9.79. The quantitative estimate of drug-likeness (QED) is 0.150. The molecule has 0 amide bonds. The van der Waals surface area contributed by atoms with Gasteiger partial charge in [-0.1, -0.05) is 30.3 Å². The van der Waals surface area contributed by atoms with Crippen LogP contribution in [0.1, 0.15) is 48.5 Å². The minimum Gasteiger partial charge on any atom is -0.494 e. The second kappa shape index (κ2) is 14.6. The topological polar surface area (TPSA) is 131 Å². The van der Waals surface area contributed by atoms with Gasteiger partial charge in [-0.3, -0.25) is 9.69 Å². The van der Waals surface area contributed by atoms with E-state index in [0.29, 0.717) is 43.9 Å². The number of ketones is 1. The second-order valence-electron chi connectivity index (χ2n) is 9.86. The number of ether oxygens (including phenoxy) is 3. The van der Waals surface area contributed by atoms with Crippen molar-refractivity contribution in [3.05, 3.63) is 77.9 Å². The van der Waals surface area contributed by atoms with Gasteiger partial charge in [0.25, 0.3) is 0 Å². The first-order valence-corrected chi connectivity index (χ1v) is 13.8. The Morgan fingerprint density at radius 1 is 1.23 bits per heavy atom. The number of aliphatic hydroxyl groups excluding tert-OH is 1. The lowest BCUT2D eigenvalue weighted by molar-refractivity contribution is -0.126. The third-order valence-electron chi connectivity index (χ3n) is 7.21. The van der Waals surface area contributed by atoms with E-state index in [2.05, 4.69) is 21.5 Å². The Hall–Kier alpha value is -3.69. The van der Waals surface area contributed by atoms with Crippen LogP contribution in [0.3, 0.4) is 0 Å². The Morgan fingerprint density at radius 2 is 2.00 bits per heavy atom. The number of hydrogen-bond donors (Lipinski definition) is 2. The number of aliphatic imine (C=N–C) groups is 1. The number of nitrogens with one attached hydrogen (secondary N) is 1. The highest BCUT2D eigenvalue weighted by Crippen LogP contribution is 2.45. The number of hydrogen-bond acceptors (Lipinski definition) is 9. The van der Waals surface area contributed by atoms with Crippen LogP contribution in [0.25, 0.3) is 0 Å². The van der Waals surface area contributed by atoms with Gasteiger partial charge in [0.1, 0.15) is 22.9 Å². The molecule has 2 heterocycles. The number of carbonyl (C=O) groups is 1. The summed E-state index contributed by atoms with van der Waals surface area (Å²) in [5.41, 5.74) is 8.28. The van der Waals surface area contributed by atoms with E-state index < -0.39 is 11.6 Å². The summed E-state index contributed by atoms with van der Waals surface area (Å²) in [6.45, 7) is 8.65. The van der Waals surface area contributed by atoms with Gasteiger partial charge in [0.2, 0.25) is 10.8 Å². The molecule has 2 N–H and O–H groups in total. The standard InChI is InChI=1S/C30H38N5O5/c1-2-14-30(27(37)9-5-15-35-16-20-38-21-17-35)28(26-8-4-3-7-24(26)22-32-34-31)40-29(33-30)23-10-12-25(13-11-23)39-19-6-18-36/h2-4,7-8,10-13,28,31,36H,1,5-6,9,14-22H2/q+1/t28-,30+/m1/s1. The lowest BCUT2D eigenvalue weighted by Gasteiger charge is -2.31. The van der Waals surface area contributed by atoms with Crippen molar-refractivity contribution >= 4 is 11.7 Å². The molecule has 0 saturated carbocycles. The zero-order valence-corrected chi connectivity index (χ0v) is 22.8. The van der Waals surface area contributed by atoms with Gasteiger partial charge in [0.15, 0.2) is 17.4 Å². The van der Waals surface area contributed by atoms with E-state index >= 15 is 0 Å². The number of nitrogens with zero attached hydrogens (tertiary/aromatic N) is 4. The summed E-state index contributed by atoms with van der Waals surface area (Å²) in [6.07, 6.45) is 2.98. The van der Waals surface area contributed by atoms with Crippen LogP contribution < -0.4 is 9.65 Å². The molecule has 40 heavy (non-hydrogen) atoms. The number of carbonyl (C=O) groups excluding carboxylic acids is 1. The van der Waals surface area contributed by atoms with Gasteiger partial charge in [-0.2, -0.15) is 0 Å². The maximum absolute atomic E-state index is 14.1. The minimum atomic E-state index is -1.19. The maximum Gasteiger partial charge on any atom is 0.217 e. The largest absolute Gasteiger partial charge is 0.494 e. The Balaban J connectivity index is 1.65. The predicted octanol–water partition coefficient (Wildman–Crippen LogP) is 4.01. The molecule has 1 fully saturated rings. The van der Waals surface area contributed by atoms with Crippen molar-refractivity contribution < 1.29 is 24.1 Å². The van der Waals surface area contributed by atoms with Crippen LogP contribution in [0.2, 0.25) is 0 Å². The molecule has 2 atom stereocenters. The predicted molar refractivity (Wildman–Crippen MR) is 150 cm³/mol. The van der Waals surface area contributed by atoms with Crippen molar-refractivity contribution in [2.45, 2.75) is 43.9 Å². The smallest absolute Gasteiger partial charge is 0.217 e. The molecule has 10 nitrogen and oxygen atoms in total. The molecule has 4 rings (SSSR count). The third-order valence-corrected chi connectivity index (χ3v) is 7.21. The van der Waals surface area contributed by atoms with Crippen molar-refractivity contribution in [3.8, 4) is 5.75 Å². The summed E-state index contributed by atoms with van der Waals surface area (Å²) < 4.78 is 17.7. The first-order chi connectivity index (χ1) is 19.6. The Kier molecular flexibility index (Phi) is 10.7. The fourth-order valence-corrected chi connectivity index (χ4v) is 5.12. The molecule has 0 unspecified atom stereocenters. The Labute approximate surface area is 234 Å². The maximum atomic E-state index is 14.1. The fraction of sp³-hybridized carbons (Fsp3) is 0.467. The van der Waals surface area contributed by atoms with E-state index in [-0.39, 0.29) is 18.9 Å². The third kappa shape index (κ3) is 7.08. The van der Waals surface area contributed by atoms with Gasteiger partial charge in [-0.15, -0.1) is 6.58 Å². The fourth-order valence-electron chi connectivity index (χ4n) is 5.12. The molecule has 0 aliphatic carbocycles. The molecule has 2 aliphatic rings. The van der Waals surface area contributed by atoms with E-state index in [9.17, 15) is 4.79 Å². The average molecular weight is 549 g/mol. The Morgan fingerprint density at radius 3 is 2.73 bits per heavy atom. The number of benzene rings is 2. The van der Waals surface area contributed by atoms with Crippen LogP contribution in [0, 0.1) is 5.53 Å². The zero-order valence-electron chi connectivity index (χ0n) is 22.8. The first-order valence-electron chi connectivity index (χ1n) is 13.8. The molecule has 0 spiro atoms. The SMILES string of the molecule is C=CC[C@@]1(C(=O)CCCN2CCOCC2)N=C(c2ccc(OCCCO)cc2)O[C@@H]1c1ccccc1CN=[N+]=N. The average Bonchev–Trinajstić information content (AvgIpc) is 3.38. The van der Waals surface area contributed by atoms with Crippen molar-refractivity contribution in [2.24, 2.45) is 10.1 Å². The van der Waals surface area contributed by atoms with Gasteiger partial charge in [-0.25, -0.2) is 4.99 Å². The highest BCUT2D eigenvalue weighted by molar-refractivity contribution is 6.01. The van der Waals surface area contributed by atoms with Crippen LogP contribution in [-0.2, 0) is 20.8 Å². The number of aliphatic hydroxyl groups is 1. The normalized spacial score (nSPS) is 20.7. The van der Waals surface area contributed by atoms with Crippen molar-refractivity contribution in [3.63, 3.8) is 0 Å². The van der Waals surface area contributed by atoms with Crippen LogP contribution >= 0.6 is 0 Å². The molecule has 2 aromatic carbocycles. The summed E-state index contributed by atoms with van der Waals surface area (Å²) in [7, 11) is 0. The van der Waals surface area contributed by atoms with Gasteiger partial charge in [0.05, 0.1) is 19.8 Å². The zero-order chi connectivity index (χ0) is 28.2. The second-order valence-corrected chi connectivity index (χ2v) is 9.86. The molecule has 0 aromatic heterocycles. The van der Waals surface area contributed by atoms with Gasteiger partial charge >= 0.3 is 0 Å². The van der Waals surface area contributed by atoms with Crippen LogP contribution in [0.15, 0.2) is 71.3 Å². The molecular weight excluding hydrogens is 510 g/mol. The Bertz CT molecular complexity index is 1220.